The van der Waals surface area contributed by atoms with E-state index < -0.39 is 5.91 Å². The highest BCUT2D eigenvalue weighted by Gasteiger charge is 2.13. The quantitative estimate of drug-likeness (QED) is 0.370. The van der Waals surface area contributed by atoms with Crippen LogP contribution in [0.2, 0.25) is 0 Å². The van der Waals surface area contributed by atoms with Crippen LogP contribution in [0.4, 0.5) is 5.69 Å². The largest absolute Gasteiger partial charge is 0.493 e. The molecule has 0 radical (unpaired) electrons. The van der Waals surface area contributed by atoms with Crippen molar-refractivity contribution in [3.05, 3.63) is 23.8 Å². The number of hydrogen-bond acceptors (Lipinski definition) is 4. The maximum atomic E-state index is 12.1. The van der Waals surface area contributed by atoms with E-state index in [9.17, 15) is 9.59 Å². The zero-order valence-corrected chi connectivity index (χ0v) is 14.0. The number of carbonyl (C=O) groups is 2. The lowest BCUT2D eigenvalue weighted by molar-refractivity contribution is -0.119. The van der Waals surface area contributed by atoms with Crippen LogP contribution in [0.3, 0.4) is 0 Å². The molecule has 0 bridgehead atoms. The fraction of sp³-hybridized carbons (Fsp3) is 0.529. The van der Waals surface area contributed by atoms with Gasteiger partial charge in [0.05, 0.1) is 12.2 Å². The smallest absolute Gasteiger partial charge is 0.273 e. The molecule has 128 valence electrons. The van der Waals surface area contributed by atoms with Crippen molar-refractivity contribution in [2.75, 3.05) is 12.3 Å². The van der Waals surface area contributed by atoms with Crippen molar-refractivity contribution >= 4 is 17.5 Å². The lowest BCUT2D eigenvalue weighted by Gasteiger charge is -2.12. The normalized spacial score (nSPS) is 10.2. The molecule has 4 N–H and O–H groups in total. The van der Waals surface area contributed by atoms with Crippen LogP contribution in [0, 0.1) is 0 Å². The van der Waals surface area contributed by atoms with Gasteiger partial charge < -0.3 is 10.5 Å². The fourth-order valence-electron chi connectivity index (χ4n) is 2.13. The second-order valence-electron chi connectivity index (χ2n) is 5.51. The third-order valence-corrected chi connectivity index (χ3v) is 3.36. The molecule has 0 aliphatic carbocycles. The second kappa shape index (κ2) is 10.5. The van der Waals surface area contributed by atoms with Crippen LogP contribution in [0.15, 0.2) is 18.2 Å². The van der Waals surface area contributed by atoms with E-state index in [2.05, 4.69) is 17.8 Å². The predicted octanol–water partition coefficient (Wildman–Crippen LogP) is 2.79. The third-order valence-electron chi connectivity index (χ3n) is 3.36. The SMILES string of the molecule is CCCCCCCCOc1ccc(N)cc1C(=O)NNC(C)=O. The van der Waals surface area contributed by atoms with Crippen molar-refractivity contribution in [1.82, 2.24) is 10.9 Å². The average molecular weight is 321 g/mol. The van der Waals surface area contributed by atoms with E-state index in [0.717, 1.165) is 12.8 Å². The number of rotatable bonds is 9. The summed E-state index contributed by atoms with van der Waals surface area (Å²) in [5.74, 6) is -0.335. The van der Waals surface area contributed by atoms with Gasteiger partial charge in [-0.05, 0) is 24.6 Å². The Bertz CT molecular complexity index is 518. The Labute approximate surface area is 137 Å². The molecule has 1 aromatic carbocycles. The van der Waals surface area contributed by atoms with Gasteiger partial charge in [-0.2, -0.15) is 0 Å². The zero-order chi connectivity index (χ0) is 17.1. The summed E-state index contributed by atoms with van der Waals surface area (Å²) >= 11 is 0. The summed E-state index contributed by atoms with van der Waals surface area (Å²) in [6.07, 6.45) is 7.02. The minimum atomic E-state index is -0.453. The van der Waals surface area contributed by atoms with Crippen LogP contribution in [-0.4, -0.2) is 18.4 Å². The second-order valence-corrected chi connectivity index (χ2v) is 5.51. The fourth-order valence-corrected chi connectivity index (χ4v) is 2.13. The van der Waals surface area contributed by atoms with E-state index in [1.54, 1.807) is 12.1 Å². The predicted molar refractivity (Wildman–Crippen MR) is 91.0 cm³/mol. The highest BCUT2D eigenvalue weighted by molar-refractivity contribution is 5.98. The van der Waals surface area contributed by atoms with E-state index in [4.69, 9.17) is 10.5 Å². The molecule has 0 heterocycles. The summed E-state index contributed by atoms with van der Waals surface area (Å²) in [7, 11) is 0. The Morgan fingerprint density at radius 3 is 2.48 bits per heavy atom. The summed E-state index contributed by atoms with van der Waals surface area (Å²) in [6, 6.07) is 4.90. The molecule has 1 rings (SSSR count). The van der Waals surface area contributed by atoms with Crippen LogP contribution >= 0.6 is 0 Å². The first-order chi connectivity index (χ1) is 11.0. The molecule has 0 aromatic heterocycles. The Hall–Kier alpha value is -2.24. The molecule has 23 heavy (non-hydrogen) atoms. The van der Waals surface area contributed by atoms with Gasteiger partial charge >= 0.3 is 0 Å². The van der Waals surface area contributed by atoms with Gasteiger partial charge in [0, 0.05) is 12.6 Å². The zero-order valence-electron chi connectivity index (χ0n) is 14.0. The first kappa shape index (κ1) is 18.8. The minimum Gasteiger partial charge on any atom is -0.493 e. The monoisotopic (exact) mass is 321 g/mol. The van der Waals surface area contributed by atoms with Crippen molar-refractivity contribution in [2.45, 2.75) is 52.4 Å². The molecular formula is C17H27N3O3. The molecule has 0 aliphatic heterocycles. The van der Waals surface area contributed by atoms with Crippen molar-refractivity contribution in [1.29, 1.82) is 0 Å². The summed E-state index contributed by atoms with van der Waals surface area (Å²) in [4.78, 5) is 22.9. The van der Waals surface area contributed by atoms with Crippen LogP contribution in [-0.2, 0) is 4.79 Å². The van der Waals surface area contributed by atoms with Crippen molar-refractivity contribution in [2.24, 2.45) is 0 Å². The Morgan fingerprint density at radius 2 is 1.78 bits per heavy atom. The Balaban J connectivity index is 2.51. The van der Waals surface area contributed by atoms with E-state index in [-0.39, 0.29) is 5.91 Å². The van der Waals surface area contributed by atoms with Gasteiger partial charge in [-0.25, -0.2) is 0 Å². The van der Waals surface area contributed by atoms with Crippen molar-refractivity contribution in [3.8, 4) is 5.75 Å². The van der Waals surface area contributed by atoms with Gasteiger partial charge in [-0.15, -0.1) is 0 Å². The van der Waals surface area contributed by atoms with Gasteiger partial charge in [0.15, 0.2) is 0 Å². The number of nitrogens with one attached hydrogen (secondary N) is 2. The topological polar surface area (TPSA) is 93.4 Å². The molecule has 0 spiro atoms. The van der Waals surface area contributed by atoms with Gasteiger partial charge in [0.2, 0.25) is 5.91 Å². The van der Waals surface area contributed by atoms with Gasteiger partial charge in [0.25, 0.3) is 5.91 Å². The number of amides is 2. The number of ether oxygens (including phenoxy) is 1. The number of carbonyl (C=O) groups excluding carboxylic acids is 2. The first-order valence-corrected chi connectivity index (χ1v) is 8.13. The van der Waals surface area contributed by atoms with Gasteiger partial charge in [-0.1, -0.05) is 39.0 Å². The molecule has 0 saturated carbocycles. The van der Waals surface area contributed by atoms with Crippen LogP contribution in [0.5, 0.6) is 5.75 Å². The maximum absolute atomic E-state index is 12.1. The van der Waals surface area contributed by atoms with Crippen LogP contribution in [0.25, 0.3) is 0 Å². The molecule has 0 aliphatic rings. The highest BCUT2D eigenvalue weighted by atomic mass is 16.5. The van der Waals surface area contributed by atoms with Crippen LogP contribution < -0.4 is 21.3 Å². The number of hydrazine groups is 1. The highest BCUT2D eigenvalue weighted by Crippen LogP contribution is 2.21. The summed E-state index contributed by atoms with van der Waals surface area (Å²) in [5, 5.41) is 0. The molecular weight excluding hydrogens is 294 g/mol. The van der Waals surface area contributed by atoms with E-state index in [0.29, 0.717) is 23.6 Å². The molecule has 0 saturated heterocycles. The van der Waals surface area contributed by atoms with E-state index >= 15 is 0 Å². The summed E-state index contributed by atoms with van der Waals surface area (Å²) in [6.45, 7) is 4.06. The van der Waals surface area contributed by atoms with Gasteiger partial charge in [0.1, 0.15) is 5.75 Å². The standard InChI is InChI=1S/C17H27N3O3/c1-3-4-5-6-7-8-11-23-16-10-9-14(18)12-15(16)17(22)20-19-13(2)21/h9-10,12H,3-8,11,18H2,1-2H3,(H,19,21)(H,20,22). The number of unbranched alkanes of at least 4 members (excludes halogenated alkanes) is 5. The Morgan fingerprint density at radius 1 is 1.09 bits per heavy atom. The molecule has 0 fully saturated rings. The molecule has 6 nitrogen and oxygen atoms in total. The number of benzene rings is 1. The number of hydrogen-bond donors (Lipinski definition) is 3. The van der Waals surface area contributed by atoms with Crippen molar-refractivity contribution in [3.63, 3.8) is 0 Å². The Kier molecular flexibility index (Phi) is 8.57. The average Bonchev–Trinajstić information content (AvgIpc) is 2.52. The van der Waals surface area contributed by atoms with E-state index in [1.165, 1.54) is 38.7 Å². The van der Waals surface area contributed by atoms with Gasteiger partial charge in [-0.3, -0.25) is 20.4 Å². The number of anilines is 1. The summed E-state index contributed by atoms with van der Waals surface area (Å²) < 4.78 is 5.70. The van der Waals surface area contributed by atoms with Crippen molar-refractivity contribution < 1.29 is 14.3 Å². The van der Waals surface area contributed by atoms with E-state index in [1.807, 2.05) is 0 Å². The molecule has 0 unspecified atom stereocenters. The molecule has 2 amide bonds. The lowest BCUT2D eigenvalue weighted by atomic mass is 10.1. The molecule has 0 atom stereocenters. The van der Waals surface area contributed by atoms with Crippen LogP contribution in [0.1, 0.15) is 62.7 Å². The minimum absolute atomic E-state index is 0.310. The number of nitrogens with two attached hydrogens (primary N) is 1. The number of nitrogen functional groups attached to an aromatic ring is 1. The maximum Gasteiger partial charge on any atom is 0.273 e. The first-order valence-electron chi connectivity index (χ1n) is 8.13. The molecule has 1 aromatic rings. The lowest BCUT2D eigenvalue weighted by Crippen LogP contribution is -2.40. The molecule has 6 heteroatoms. The summed E-state index contributed by atoms with van der Waals surface area (Å²) in [5.41, 5.74) is 11.1. The third kappa shape index (κ3) is 7.54.